The van der Waals surface area contributed by atoms with Crippen molar-refractivity contribution in [2.24, 2.45) is 0 Å². The van der Waals surface area contributed by atoms with Gasteiger partial charge in [-0.1, -0.05) is 18.2 Å². The number of rotatable bonds is 3. The van der Waals surface area contributed by atoms with Gasteiger partial charge in [-0.15, -0.1) is 0 Å². The average Bonchev–Trinajstić information content (AvgIpc) is 2.63. The summed E-state index contributed by atoms with van der Waals surface area (Å²) in [4.78, 5) is 0. The summed E-state index contributed by atoms with van der Waals surface area (Å²) in [6, 6.07) is 10.1. The fourth-order valence-corrected chi connectivity index (χ4v) is 1.74. The molecule has 0 atom stereocenters. The van der Waals surface area contributed by atoms with Crippen molar-refractivity contribution < 1.29 is 4.42 Å². The molecule has 0 aliphatic heterocycles. The predicted octanol–water partition coefficient (Wildman–Crippen LogP) is 3.96. The molecule has 0 aliphatic carbocycles. The van der Waals surface area contributed by atoms with Crippen LogP contribution in [0, 0.1) is 6.92 Å². The Labute approximate surface area is 97.4 Å². The lowest BCUT2D eigenvalue weighted by molar-refractivity contribution is 0.516. The fraction of sp³-hybridized carbons (Fsp3) is 0.167. The zero-order valence-electron chi connectivity index (χ0n) is 8.46. The van der Waals surface area contributed by atoms with Crippen LogP contribution in [0.4, 0.5) is 5.69 Å². The molecule has 1 N–H and O–H groups in total. The molecule has 0 radical (unpaired) electrons. The van der Waals surface area contributed by atoms with Crippen LogP contribution in [0.1, 0.15) is 11.3 Å². The van der Waals surface area contributed by atoms with E-state index in [9.17, 15) is 0 Å². The molecule has 1 aromatic heterocycles. The van der Waals surface area contributed by atoms with E-state index in [4.69, 9.17) is 4.42 Å². The molecule has 0 saturated carbocycles. The minimum Gasteiger partial charge on any atom is -0.466 e. The molecule has 0 aliphatic rings. The summed E-state index contributed by atoms with van der Waals surface area (Å²) in [6.45, 7) is 2.78. The van der Waals surface area contributed by atoms with Crippen LogP contribution in [-0.2, 0) is 6.54 Å². The zero-order chi connectivity index (χ0) is 10.7. The number of benzene rings is 1. The number of anilines is 1. The van der Waals surface area contributed by atoms with E-state index in [1.165, 1.54) is 5.56 Å². The first-order chi connectivity index (χ1) is 7.27. The summed E-state index contributed by atoms with van der Waals surface area (Å²) in [6.07, 6.45) is 1.68. The van der Waals surface area contributed by atoms with E-state index in [0.717, 1.165) is 15.9 Å². The van der Waals surface area contributed by atoms with Gasteiger partial charge in [0.05, 0.1) is 17.3 Å². The number of hydrogen-bond acceptors (Lipinski definition) is 2. The van der Waals surface area contributed by atoms with Gasteiger partial charge in [0.25, 0.3) is 0 Å². The van der Waals surface area contributed by atoms with Crippen LogP contribution in [0.25, 0.3) is 0 Å². The van der Waals surface area contributed by atoms with Gasteiger partial charge in [-0.3, -0.25) is 0 Å². The van der Waals surface area contributed by atoms with Crippen LogP contribution in [-0.4, -0.2) is 0 Å². The van der Waals surface area contributed by atoms with Crippen molar-refractivity contribution in [1.29, 1.82) is 0 Å². The third kappa shape index (κ3) is 2.42. The second kappa shape index (κ2) is 4.53. The molecular weight excluding hydrogens is 254 g/mol. The molecule has 0 unspecified atom stereocenters. The van der Waals surface area contributed by atoms with Crippen LogP contribution < -0.4 is 5.32 Å². The van der Waals surface area contributed by atoms with Crippen molar-refractivity contribution >= 4 is 21.6 Å². The third-order valence-corrected chi connectivity index (χ3v) is 2.98. The van der Waals surface area contributed by atoms with Gasteiger partial charge in [-0.2, -0.15) is 0 Å². The van der Waals surface area contributed by atoms with Crippen LogP contribution in [0.3, 0.4) is 0 Å². The number of furan rings is 1. The highest BCUT2D eigenvalue weighted by Gasteiger charge is 2.03. The molecule has 2 nitrogen and oxygen atoms in total. The first-order valence-electron chi connectivity index (χ1n) is 4.79. The van der Waals surface area contributed by atoms with E-state index in [0.29, 0.717) is 6.54 Å². The molecule has 0 saturated heterocycles. The largest absolute Gasteiger partial charge is 0.466 e. The maximum atomic E-state index is 5.32. The van der Waals surface area contributed by atoms with Crippen LogP contribution in [0.15, 0.2) is 45.5 Å². The summed E-state index contributed by atoms with van der Waals surface area (Å²) in [5.74, 6) is 0.915. The van der Waals surface area contributed by atoms with Crippen LogP contribution >= 0.6 is 15.9 Å². The van der Waals surface area contributed by atoms with E-state index in [1.54, 1.807) is 6.26 Å². The van der Waals surface area contributed by atoms with Gasteiger partial charge in [0.2, 0.25) is 0 Å². The number of halogens is 1. The standard InChI is InChI=1S/C12H12BrNO/c1-9-4-2-3-5-11(9)14-8-12-10(13)6-7-15-12/h2-7,14H,8H2,1H3. The molecule has 2 rings (SSSR count). The molecule has 1 aromatic carbocycles. The second-order valence-corrected chi connectivity index (χ2v) is 4.21. The Morgan fingerprint density at radius 1 is 1.27 bits per heavy atom. The Morgan fingerprint density at radius 3 is 2.73 bits per heavy atom. The number of hydrogen-bond donors (Lipinski definition) is 1. The van der Waals surface area contributed by atoms with Gasteiger partial charge in [0.1, 0.15) is 5.76 Å². The number of nitrogens with one attached hydrogen (secondary N) is 1. The SMILES string of the molecule is Cc1ccccc1NCc1occc1Br. The van der Waals surface area contributed by atoms with E-state index in [2.05, 4.69) is 40.3 Å². The number of para-hydroxylation sites is 1. The highest BCUT2D eigenvalue weighted by Crippen LogP contribution is 2.20. The first-order valence-corrected chi connectivity index (χ1v) is 5.58. The minimum atomic E-state index is 0.693. The molecule has 0 bridgehead atoms. The average molecular weight is 266 g/mol. The molecule has 78 valence electrons. The van der Waals surface area contributed by atoms with Gasteiger partial charge >= 0.3 is 0 Å². The Bertz CT molecular complexity index is 450. The Morgan fingerprint density at radius 2 is 2.07 bits per heavy atom. The maximum Gasteiger partial charge on any atom is 0.136 e. The van der Waals surface area contributed by atoms with E-state index in [1.807, 2.05) is 18.2 Å². The summed E-state index contributed by atoms with van der Waals surface area (Å²) in [5.41, 5.74) is 2.38. The van der Waals surface area contributed by atoms with Crippen molar-refractivity contribution in [3.63, 3.8) is 0 Å². The minimum absolute atomic E-state index is 0.693. The molecule has 0 amide bonds. The van der Waals surface area contributed by atoms with E-state index >= 15 is 0 Å². The molecular formula is C12H12BrNO. The Hall–Kier alpha value is -1.22. The smallest absolute Gasteiger partial charge is 0.136 e. The third-order valence-electron chi connectivity index (χ3n) is 2.28. The van der Waals surface area contributed by atoms with Crippen molar-refractivity contribution in [3.8, 4) is 0 Å². The molecule has 0 spiro atoms. The molecule has 0 fully saturated rings. The lowest BCUT2D eigenvalue weighted by atomic mass is 10.2. The van der Waals surface area contributed by atoms with Crippen LogP contribution in [0.2, 0.25) is 0 Å². The summed E-state index contributed by atoms with van der Waals surface area (Å²) in [7, 11) is 0. The van der Waals surface area contributed by atoms with Gasteiger partial charge < -0.3 is 9.73 Å². The van der Waals surface area contributed by atoms with Crippen molar-refractivity contribution in [2.75, 3.05) is 5.32 Å². The molecule has 3 heteroatoms. The number of aryl methyl sites for hydroxylation is 1. The molecule has 1 heterocycles. The van der Waals surface area contributed by atoms with Crippen molar-refractivity contribution in [2.45, 2.75) is 13.5 Å². The monoisotopic (exact) mass is 265 g/mol. The fourth-order valence-electron chi connectivity index (χ4n) is 1.40. The van der Waals surface area contributed by atoms with E-state index < -0.39 is 0 Å². The van der Waals surface area contributed by atoms with Gasteiger partial charge in [-0.05, 0) is 40.5 Å². The summed E-state index contributed by atoms with van der Waals surface area (Å²) >= 11 is 3.42. The first kappa shape index (κ1) is 10.3. The van der Waals surface area contributed by atoms with Crippen molar-refractivity contribution in [1.82, 2.24) is 0 Å². The Balaban J connectivity index is 2.06. The normalized spacial score (nSPS) is 10.3. The maximum absolute atomic E-state index is 5.32. The molecule has 2 aromatic rings. The van der Waals surface area contributed by atoms with Crippen LogP contribution in [0.5, 0.6) is 0 Å². The lowest BCUT2D eigenvalue weighted by Gasteiger charge is -2.07. The highest BCUT2D eigenvalue weighted by molar-refractivity contribution is 9.10. The lowest BCUT2D eigenvalue weighted by Crippen LogP contribution is -2.00. The second-order valence-electron chi connectivity index (χ2n) is 3.36. The van der Waals surface area contributed by atoms with Gasteiger partial charge in [-0.25, -0.2) is 0 Å². The highest BCUT2D eigenvalue weighted by atomic mass is 79.9. The van der Waals surface area contributed by atoms with Crippen molar-refractivity contribution in [3.05, 3.63) is 52.4 Å². The summed E-state index contributed by atoms with van der Waals surface area (Å²) < 4.78 is 6.32. The van der Waals surface area contributed by atoms with Gasteiger partial charge in [0, 0.05) is 5.69 Å². The summed E-state index contributed by atoms with van der Waals surface area (Å²) in [5, 5.41) is 3.33. The topological polar surface area (TPSA) is 25.2 Å². The molecule has 15 heavy (non-hydrogen) atoms. The zero-order valence-corrected chi connectivity index (χ0v) is 10.0. The predicted molar refractivity (Wildman–Crippen MR) is 64.9 cm³/mol. The quantitative estimate of drug-likeness (QED) is 0.909. The van der Waals surface area contributed by atoms with E-state index in [-0.39, 0.29) is 0 Å². The van der Waals surface area contributed by atoms with Gasteiger partial charge in [0.15, 0.2) is 0 Å². The Kier molecular flexibility index (Phi) is 3.11.